The zero-order valence-electron chi connectivity index (χ0n) is 17.8. The highest BCUT2D eigenvalue weighted by Crippen LogP contribution is 2.29. The summed E-state index contributed by atoms with van der Waals surface area (Å²) in [6.45, 7) is 4.28. The number of nitrogens with zero attached hydrogens (tertiary/aromatic N) is 4. The van der Waals surface area contributed by atoms with E-state index in [1.807, 2.05) is 6.92 Å². The summed E-state index contributed by atoms with van der Waals surface area (Å²) in [5.74, 6) is 0.601. The Kier molecular flexibility index (Phi) is 5.13. The summed E-state index contributed by atoms with van der Waals surface area (Å²) in [5.41, 5.74) is 1.92. The average molecular weight is 452 g/mol. The third-order valence-corrected chi connectivity index (χ3v) is 6.95. The number of aryl methyl sites for hydroxylation is 3. The van der Waals surface area contributed by atoms with Crippen LogP contribution in [-0.2, 0) is 13.0 Å². The second-order valence-electron chi connectivity index (χ2n) is 8.05. The van der Waals surface area contributed by atoms with E-state index in [0.717, 1.165) is 31.5 Å². The molecule has 1 aromatic carbocycles. The molecule has 0 spiro atoms. The lowest BCUT2D eigenvalue weighted by Gasteiger charge is -2.09. The molecule has 0 unspecified atom stereocenters. The third-order valence-electron chi connectivity index (χ3n) is 5.76. The SMILES string of the molecule is Cc1cc(NC(=O)c2sc3nc4n(c(=O)c3c2C)CCCCC4)n(-c2ccc(F)cc2)n1. The highest BCUT2D eigenvalue weighted by atomic mass is 32.1. The Balaban J connectivity index is 1.53. The molecule has 4 heterocycles. The first-order valence-corrected chi connectivity index (χ1v) is 11.4. The number of amides is 1. The molecule has 5 rings (SSSR count). The third kappa shape index (κ3) is 3.52. The molecule has 0 atom stereocenters. The van der Waals surface area contributed by atoms with Crippen LogP contribution in [0.3, 0.4) is 0 Å². The van der Waals surface area contributed by atoms with Gasteiger partial charge in [0, 0.05) is 19.0 Å². The first-order valence-electron chi connectivity index (χ1n) is 10.6. The number of thiophene rings is 1. The number of nitrogens with one attached hydrogen (secondary N) is 1. The molecule has 1 aliphatic rings. The van der Waals surface area contributed by atoms with Crippen molar-refractivity contribution in [3.8, 4) is 5.69 Å². The second kappa shape index (κ2) is 7.98. The van der Waals surface area contributed by atoms with Crippen molar-refractivity contribution >= 4 is 33.3 Å². The van der Waals surface area contributed by atoms with Gasteiger partial charge < -0.3 is 5.32 Å². The van der Waals surface area contributed by atoms with Crippen LogP contribution >= 0.6 is 11.3 Å². The minimum absolute atomic E-state index is 0.0631. The summed E-state index contributed by atoms with van der Waals surface area (Å²) < 4.78 is 16.6. The molecule has 0 radical (unpaired) electrons. The predicted octanol–water partition coefficient (Wildman–Crippen LogP) is 4.38. The van der Waals surface area contributed by atoms with Crippen LogP contribution in [0, 0.1) is 19.7 Å². The highest BCUT2D eigenvalue weighted by Gasteiger charge is 2.23. The Labute approximate surface area is 187 Å². The predicted molar refractivity (Wildman–Crippen MR) is 122 cm³/mol. The molecule has 9 heteroatoms. The highest BCUT2D eigenvalue weighted by molar-refractivity contribution is 7.20. The summed E-state index contributed by atoms with van der Waals surface area (Å²) in [4.78, 5) is 32.2. The van der Waals surface area contributed by atoms with E-state index in [9.17, 15) is 14.0 Å². The standard InChI is InChI=1S/C23H22FN5O2S/c1-13-12-18(29(27-13)16-9-7-15(24)8-10-16)25-21(30)20-14(2)19-22(32-20)26-17-6-4-3-5-11-28(17)23(19)31/h7-10,12H,3-6,11H2,1-2H3,(H,25,30). The summed E-state index contributed by atoms with van der Waals surface area (Å²) in [6.07, 6.45) is 3.84. The van der Waals surface area contributed by atoms with E-state index in [1.54, 1.807) is 34.4 Å². The normalized spacial score (nSPS) is 13.7. The monoisotopic (exact) mass is 451 g/mol. The van der Waals surface area contributed by atoms with Gasteiger partial charge in [-0.05, 0) is 56.5 Å². The van der Waals surface area contributed by atoms with E-state index < -0.39 is 0 Å². The molecular weight excluding hydrogens is 429 g/mol. The summed E-state index contributed by atoms with van der Waals surface area (Å²) in [7, 11) is 0. The molecule has 1 N–H and O–H groups in total. The topological polar surface area (TPSA) is 81.8 Å². The van der Waals surface area contributed by atoms with Crippen molar-refractivity contribution in [3.05, 3.63) is 68.5 Å². The number of aromatic nitrogens is 4. The van der Waals surface area contributed by atoms with Crippen LogP contribution in [0.5, 0.6) is 0 Å². The van der Waals surface area contributed by atoms with Gasteiger partial charge in [-0.1, -0.05) is 6.42 Å². The van der Waals surface area contributed by atoms with Gasteiger partial charge in [-0.15, -0.1) is 11.3 Å². The van der Waals surface area contributed by atoms with Gasteiger partial charge in [-0.2, -0.15) is 5.10 Å². The number of anilines is 1. The Bertz CT molecular complexity index is 1400. The van der Waals surface area contributed by atoms with Gasteiger partial charge >= 0.3 is 0 Å². The minimum atomic E-state index is -0.346. The molecule has 32 heavy (non-hydrogen) atoms. The van der Waals surface area contributed by atoms with Crippen molar-refractivity contribution in [3.63, 3.8) is 0 Å². The fourth-order valence-electron chi connectivity index (χ4n) is 4.17. The van der Waals surface area contributed by atoms with Crippen molar-refractivity contribution in [1.29, 1.82) is 0 Å². The smallest absolute Gasteiger partial charge is 0.267 e. The molecule has 0 bridgehead atoms. The lowest BCUT2D eigenvalue weighted by atomic mass is 10.2. The molecule has 3 aromatic heterocycles. The van der Waals surface area contributed by atoms with E-state index in [4.69, 9.17) is 4.98 Å². The average Bonchev–Trinajstić information content (AvgIpc) is 3.18. The van der Waals surface area contributed by atoms with Crippen LogP contribution in [0.25, 0.3) is 15.9 Å². The number of fused-ring (bicyclic) bond motifs is 2. The van der Waals surface area contributed by atoms with Crippen molar-refractivity contribution < 1.29 is 9.18 Å². The van der Waals surface area contributed by atoms with Crippen molar-refractivity contribution in [2.45, 2.75) is 46.1 Å². The van der Waals surface area contributed by atoms with E-state index in [2.05, 4.69) is 10.4 Å². The van der Waals surface area contributed by atoms with Gasteiger partial charge in [0.2, 0.25) is 0 Å². The maximum Gasteiger partial charge on any atom is 0.267 e. The number of hydrogen-bond acceptors (Lipinski definition) is 5. The Morgan fingerprint density at radius 1 is 1.16 bits per heavy atom. The molecule has 7 nitrogen and oxygen atoms in total. The Hall–Kier alpha value is -3.33. The molecule has 0 fully saturated rings. The summed E-state index contributed by atoms with van der Waals surface area (Å²) >= 11 is 1.24. The Morgan fingerprint density at radius 3 is 2.72 bits per heavy atom. The fourth-order valence-corrected chi connectivity index (χ4v) is 5.25. The lowest BCUT2D eigenvalue weighted by molar-refractivity contribution is 0.102. The molecule has 0 aliphatic carbocycles. The number of rotatable bonds is 3. The molecule has 4 aromatic rings. The van der Waals surface area contributed by atoms with Gasteiger partial charge in [-0.25, -0.2) is 14.1 Å². The van der Waals surface area contributed by atoms with Crippen LogP contribution in [0.2, 0.25) is 0 Å². The number of hydrogen-bond donors (Lipinski definition) is 1. The van der Waals surface area contributed by atoms with Crippen LogP contribution in [0.4, 0.5) is 10.2 Å². The number of halogens is 1. The first-order chi connectivity index (χ1) is 15.4. The quantitative estimate of drug-likeness (QED) is 0.501. The zero-order chi connectivity index (χ0) is 22.4. The second-order valence-corrected chi connectivity index (χ2v) is 9.04. The van der Waals surface area contributed by atoms with Crippen molar-refractivity contribution in [2.24, 2.45) is 0 Å². The largest absolute Gasteiger partial charge is 0.306 e. The van der Waals surface area contributed by atoms with E-state index in [0.29, 0.717) is 44.4 Å². The van der Waals surface area contributed by atoms with Gasteiger partial charge in [0.25, 0.3) is 11.5 Å². The van der Waals surface area contributed by atoms with Gasteiger partial charge in [-0.3, -0.25) is 14.2 Å². The molecule has 164 valence electrons. The molecule has 0 saturated heterocycles. The van der Waals surface area contributed by atoms with E-state index >= 15 is 0 Å². The molecular formula is C23H22FN5O2S. The summed E-state index contributed by atoms with van der Waals surface area (Å²) in [5, 5.41) is 7.84. The first kappa shape index (κ1) is 20.6. The maximum atomic E-state index is 13.3. The molecule has 1 aliphatic heterocycles. The number of carbonyl (C=O) groups excluding carboxylic acids is 1. The van der Waals surface area contributed by atoms with Crippen molar-refractivity contribution in [2.75, 3.05) is 5.32 Å². The van der Waals surface area contributed by atoms with Gasteiger partial charge in [0.05, 0.1) is 21.6 Å². The fraction of sp³-hybridized carbons (Fsp3) is 0.304. The maximum absolute atomic E-state index is 13.3. The van der Waals surface area contributed by atoms with E-state index in [1.165, 1.54) is 23.5 Å². The number of carbonyl (C=O) groups is 1. The van der Waals surface area contributed by atoms with Crippen LogP contribution in [-0.4, -0.2) is 25.2 Å². The van der Waals surface area contributed by atoms with Gasteiger partial charge in [0.1, 0.15) is 22.3 Å². The van der Waals surface area contributed by atoms with Crippen LogP contribution in [0.15, 0.2) is 35.1 Å². The van der Waals surface area contributed by atoms with Crippen molar-refractivity contribution in [1.82, 2.24) is 19.3 Å². The van der Waals surface area contributed by atoms with Crippen LogP contribution < -0.4 is 10.9 Å². The zero-order valence-corrected chi connectivity index (χ0v) is 18.6. The minimum Gasteiger partial charge on any atom is -0.306 e. The summed E-state index contributed by atoms with van der Waals surface area (Å²) in [6, 6.07) is 7.63. The molecule has 0 saturated carbocycles. The Morgan fingerprint density at radius 2 is 1.94 bits per heavy atom. The lowest BCUT2D eigenvalue weighted by Crippen LogP contribution is -2.24. The van der Waals surface area contributed by atoms with Crippen LogP contribution in [0.1, 0.15) is 46.0 Å². The van der Waals surface area contributed by atoms with Gasteiger partial charge in [0.15, 0.2) is 0 Å². The van der Waals surface area contributed by atoms with E-state index in [-0.39, 0.29) is 17.3 Å². The molecule has 1 amide bonds. The number of benzene rings is 1.